The average molecular weight is 339 g/mol. The van der Waals surface area contributed by atoms with E-state index in [0.29, 0.717) is 29.6 Å². The van der Waals surface area contributed by atoms with E-state index < -0.39 is 10.0 Å². The van der Waals surface area contributed by atoms with Crippen molar-refractivity contribution in [3.63, 3.8) is 0 Å². The van der Waals surface area contributed by atoms with Crippen LogP contribution in [0, 0.1) is 0 Å². The molecular weight excluding hydrogens is 316 g/mol. The highest BCUT2D eigenvalue weighted by molar-refractivity contribution is 7.91. The lowest BCUT2D eigenvalue weighted by atomic mass is 10.4. The molecule has 1 rings (SSSR count). The molecule has 0 saturated carbocycles. The third kappa shape index (κ3) is 5.00. The summed E-state index contributed by atoms with van der Waals surface area (Å²) in [5.41, 5.74) is 0. The Morgan fingerprint density at radius 3 is 2.50 bits per heavy atom. The Kier molecular flexibility index (Phi) is 7.47. The molecular formula is C13H23ClN2O2S2. The molecule has 0 unspecified atom stereocenters. The van der Waals surface area contributed by atoms with Crippen LogP contribution in [0.3, 0.4) is 0 Å². The van der Waals surface area contributed by atoms with Crippen molar-refractivity contribution in [1.82, 2.24) is 9.21 Å². The second kappa shape index (κ2) is 8.34. The van der Waals surface area contributed by atoms with E-state index in [9.17, 15) is 8.42 Å². The normalized spacial score (nSPS) is 12.5. The van der Waals surface area contributed by atoms with Crippen LogP contribution in [0.15, 0.2) is 16.3 Å². The number of hydrogen-bond acceptors (Lipinski definition) is 4. The number of hydrogen-bond donors (Lipinski definition) is 0. The highest BCUT2D eigenvalue weighted by Crippen LogP contribution is 2.25. The predicted molar refractivity (Wildman–Crippen MR) is 86.3 cm³/mol. The highest BCUT2D eigenvalue weighted by atomic mass is 35.5. The molecule has 0 saturated heterocycles. The molecule has 0 amide bonds. The third-order valence-electron chi connectivity index (χ3n) is 2.94. The number of sulfonamides is 1. The number of rotatable bonds is 9. The Morgan fingerprint density at radius 1 is 1.25 bits per heavy atom. The van der Waals surface area contributed by atoms with Crippen molar-refractivity contribution in [2.45, 2.75) is 24.0 Å². The zero-order valence-electron chi connectivity index (χ0n) is 12.3. The van der Waals surface area contributed by atoms with Crippen molar-refractivity contribution < 1.29 is 8.42 Å². The monoisotopic (exact) mass is 338 g/mol. The molecule has 20 heavy (non-hydrogen) atoms. The van der Waals surface area contributed by atoms with E-state index in [0.717, 1.165) is 17.8 Å². The van der Waals surface area contributed by atoms with Gasteiger partial charge in [0.15, 0.2) is 0 Å². The van der Waals surface area contributed by atoms with Gasteiger partial charge in [0.25, 0.3) is 10.0 Å². The van der Waals surface area contributed by atoms with E-state index in [1.807, 2.05) is 27.1 Å². The summed E-state index contributed by atoms with van der Waals surface area (Å²) in [4.78, 5) is 3.08. The first-order chi connectivity index (χ1) is 9.41. The number of aryl methyl sites for hydroxylation is 1. The zero-order valence-corrected chi connectivity index (χ0v) is 14.7. The Balaban J connectivity index is 2.77. The molecule has 7 heteroatoms. The molecule has 1 aromatic rings. The molecule has 1 heterocycles. The van der Waals surface area contributed by atoms with Gasteiger partial charge >= 0.3 is 0 Å². The minimum absolute atomic E-state index is 0.421. The first-order valence-corrected chi connectivity index (χ1v) is 9.50. The topological polar surface area (TPSA) is 40.6 Å². The van der Waals surface area contributed by atoms with Crippen LogP contribution in [-0.2, 0) is 16.4 Å². The third-order valence-corrected chi connectivity index (χ3v) is 6.71. The zero-order chi connectivity index (χ0) is 15.2. The van der Waals surface area contributed by atoms with Crippen LogP contribution in [0.2, 0.25) is 0 Å². The maximum absolute atomic E-state index is 12.5. The molecule has 0 aromatic carbocycles. The van der Waals surface area contributed by atoms with Crippen molar-refractivity contribution in [3.8, 4) is 0 Å². The van der Waals surface area contributed by atoms with Crippen LogP contribution in [0.1, 0.15) is 18.2 Å². The van der Waals surface area contributed by atoms with Gasteiger partial charge in [-0.3, -0.25) is 0 Å². The molecule has 0 fully saturated rings. The lowest BCUT2D eigenvalue weighted by Gasteiger charge is -2.20. The van der Waals surface area contributed by atoms with E-state index in [-0.39, 0.29) is 0 Å². The summed E-state index contributed by atoms with van der Waals surface area (Å²) in [6.45, 7) is 3.81. The molecule has 0 spiro atoms. The predicted octanol–water partition coefficient (Wildman–Crippen LogP) is 2.49. The number of nitrogens with zero attached hydrogens (tertiary/aromatic N) is 2. The largest absolute Gasteiger partial charge is 0.309 e. The minimum atomic E-state index is -3.36. The van der Waals surface area contributed by atoms with Gasteiger partial charge in [0, 0.05) is 23.8 Å². The summed E-state index contributed by atoms with van der Waals surface area (Å²) < 4.78 is 27.1. The van der Waals surface area contributed by atoms with Crippen LogP contribution >= 0.6 is 22.9 Å². The van der Waals surface area contributed by atoms with Gasteiger partial charge in [0.1, 0.15) is 4.21 Å². The van der Waals surface area contributed by atoms with E-state index in [2.05, 4.69) is 4.90 Å². The first kappa shape index (κ1) is 17.9. The molecule has 0 radical (unpaired) electrons. The van der Waals surface area contributed by atoms with E-state index in [1.54, 1.807) is 10.4 Å². The van der Waals surface area contributed by atoms with Crippen LogP contribution in [0.4, 0.5) is 0 Å². The summed E-state index contributed by atoms with van der Waals surface area (Å²) in [7, 11) is 0.621. The van der Waals surface area contributed by atoms with E-state index in [1.165, 1.54) is 11.3 Å². The molecule has 1 aromatic heterocycles. The van der Waals surface area contributed by atoms with Crippen molar-refractivity contribution >= 4 is 33.0 Å². The second-order valence-electron chi connectivity index (χ2n) is 4.81. The van der Waals surface area contributed by atoms with Crippen molar-refractivity contribution in [1.29, 1.82) is 0 Å². The van der Waals surface area contributed by atoms with Crippen molar-refractivity contribution in [2.24, 2.45) is 0 Å². The van der Waals surface area contributed by atoms with Gasteiger partial charge in [-0.25, -0.2) is 8.42 Å². The maximum atomic E-state index is 12.5. The second-order valence-corrected chi connectivity index (χ2v) is 8.52. The Hall–Kier alpha value is -0.140. The fourth-order valence-electron chi connectivity index (χ4n) is 1.86. The quantitative estimate of drug-likeness (QED) is 0.649. The summed E-state index contributed by atoms with van der Waals surface area (Å²) in [6.07, 6.45) is 1.55. The number of thiophene rings is 1. The molecule has 0 aliphatic heterocycles. The summed E-state index contributed by atoms with van der Waals surface area (Å²) in [6, 6.07) is 3.55. The van der Waals surface area contributed by atoms with Crippen LogP contribution in [0.25, 0.3) is 0 Å². The fraction of sp³-hybridized carbons (Fsp3) is 0.692. The first-order valence-electron chi connectivity index (χ1n) is 6.71. The lowest BCUT2D eigenvalue weighted by Crippen LogP contribution is -2.32. The summed E-state index contributed by atoms with van der Waals surface area (Å²) in [5, 5.41) is 0. The van der Waals surface area contributed by atoms with Gasteiger partial charge in [0.2, 0.25) is 0 Å². The maximum Gasteiger partial charge on any atom is 0.252 e. The Morgan fingerprint density at radius 2 is 1.95 bits per heavy atom. The van der Waals surface area contributed by atoms with E-state index >= 15 is 0 Å². The smallest absolute Gasteiger partial charge is 0.252 e. The SMILES string of the molecule is CCN(CCCN(C)C)S(=O)(=O)c1ccc(CCCl)s1. The number of alkyl halides is 1. The van der Waals surface area contributed by atoms with Gasteiger partial charge in [-0.1, -0.05) is 6.92 Å². The molecule has 0 atom stereocenters. The van der Waals surface area contributed by atoms with E-state index in [4.69, 9.17) is 11.6 Å². The molecule has 116 valence electrons. The lowest BCUT2D eigenvalue weighted by molar-refractivity contribution is 0.356. The molecule has 0 aliphatic rings. The van der Waals surface area contributed by atoms with Crippen molar-refractivity contribution in [2.75, 3.05) is 39.6 Å². The van der Waals surface area contributed by atoms with Crippen LogP contribution in [-0.4, -0.2) is 57.2 Å². The Labute approximate surface area is 131 Å². The summed E-state index contributed by atoms with van der Waals surface area (Å²) >= 11 is 7.01. The fourth-order valence-corrected chi connectivity index (χ4v) is 5.18. The average Bonchev–Trinajstić information content (AvgIpc) is 2.84. The molecule has 4 nitrogen and oxygen atoms in total. The van der Waals surface area contributed by atoms with Crippen LogP contribution in [0.5, 0.6) is 0 Å². The Bertz CT molecular complexity index is 500. The minimum Gasteiger partial charge on any atom is -0.309 e. The van der Waals surface area contributed by atoms with Gasteiger partial charge in [-0.15, -0.1) is 22.9 Å². The molecule has 0 N–H and O–H groups in total. The van der Waals surface area contributed by atoms with Crippen LogP contribution < -0.4 is 0 Å². The van der Waals surface area contributed by atoms with Gasteiger partial charge < -0.3 is 4.90 Å². The van der Waals surface area contributed by atoms with Gasteiger partial charge in [-0.05, 0) is 45.6 Å². The highest BCUT2D eigenvalue weighted by Gasteiger charge is 2.24. The summed E-state index contributed by atoms with van der Waals surface area (Å²) in [5.74, 6) is 0.514. The molecule has 0 bridgehead atoms. The molecule has 0 aliphatic carbocycles. The van der Waals surface area contributed by atoms with Crippen molar-refractivity contribution in [3.05, 3.63) is 17.0 Å². The van der Waals surface area contributed by atoms with Gasteiger partial charge in [-0.2, -0.15) is 4.31 Å². The number of halogens is 1. The van der Waals surface area contributed by atoms with Gasteiger partial charge in [0.05, 0.1) is 0 Å². The standard InChI is InChI=1S/C13H23ClN2O2S2/c1-4-16(11-5-10-15(2)3)20(17,18)13-7-6-12(19-13)8-9-14/h6-7H,4-5,8-11H2,1-3H3.